The summed E-state index contributed by atoms with van der Waals surface area (Å²) in [5.41, 5.74) is 5.57. The van der Waals surface area contributed by atoms with Crippen LogP contribution < -0.4 is 0 Å². The van der Waals surface area contributed by atoms with Gasteiger partial charge in [0.2, 0.25) is 0 Å². The van der Waals surface area contributed by atoms with Crippen molar-refractivity contribution >= 4 is 0 Å². The van der Waals surface area contributed by atoms with Gasteiger partial charge in [-0.1, -0.05) is 43.8 Å². The van der Waals surface area contributed by atoms with Crippen molar-refractivity contribution in [3.63, 3.8) is 0 Å². The number of rotatable bonds is 3. The highest BCUT2D eigenvalue weighted by atomic mass is 14.1. The molecule has 1 aromatic rings. The number of allylic oxidation sites excluding steroid dienone is 1. The van der Waals surface area contributed by atoms with Crippen LogP contribution in [-0.2, 0) is 0 Å². The molecule has 0 aliphatic rings. The Morgan fingerprint density at radius 3 is 2.46 bits per heavy atom. The molecule has 0 bridgehead atoms. The van der Waals surface area contributed by atoms with Crippen molar-refractivity contribution < 1.29 is 0 Å². The zero-order valence-electron chi connectivity index (χ0n) is 8.38. The van der Waals surface area contributed by atoms with Gasteiger partial charge in [-0.2, -0.15) is 0 Å². The third-order valence-corrected chi connectivity index (χ3v) is 2.41. The van der Waals surface area contributed by atoms with E-state index < -0.39 is 0 Å². The maximum Gasteiger partial charge on any atom is 0.0118 e. The first-order valence-corrected chi connectivity index (χ1v) is 4.71. The van der Waals surface area contributed by atoms with E-state index in [0.717, 1.165) is 6.42 Å². The van der Waals surface area contributed by atoms with E-state index in [9.17, 15) is 0 Å². The summed E-state index contributed by atoms with van der Waals surface area (Å²) < 4.78 is 0. The average Bonchev–Trinajstić information content (AvgIpc) is 2.20. The first kappa shape index (κ1) is 9.83. The Morgan fingerprint density at radius 2 is 2.00 bits per heavy atom. The summed E-state index contributed by atoms with van der Waals surface area (Å²) in [5, 5.41) is 0. The standard InChI is InChI=1S/C13H16/c1-4-11(3)13(5-2)12-9-7-6-8-10-12/h6-10,13H,1,5H2,2-3H3. The summed E-state index contributed by atoms with van der Waals surface area (Å²) in [4.78, 5) is 0. The number of hydrogen-bond acceptors (Lipinski definition) is 0. The highest BCUT2D eigenvalue weighted by Gasteiger charge is 2.09. The zero-order valence-corrected chi connectivity index (χ0v) is 8.38. The summed E-state index contributed by atoms with van der Waals surface area (Å²) >= 11 is 0. The van der Waals surface area contributed by atoms with Gasteiger partial charge in [-0.05, 0) is 24.5 Å². The quantitative estimate of drug-likeness (QED) is 0.606. The van der Waals surface area contributed by atoms with Crippen LogP contribution in [0.4, 0.5) is 0 Å². The van der Waals surface area contributed by atoms with E-state index in [4.69, 9.17) is 0 Å². The van der Waals surface area contributed by atoms with E-state index in [0.29, 0.717) is 5.92 Å². The predicted molar refractivity (Wildman–Crippen MR) is 57.8 cm³/mol. The molecule has 0 spiro atoms. The second-order valence-electron chi connectivity index (χ2n) is 3.23. The molecular weight excluding hydrogens is 156 g/mol. The smallest absolute Gasteiger partial charge is 0.0118 e. The van der Waals surface area contributed by atoms with Crippen molar-refractivity contribution in [3.8, 4) is 0 Å². The van der Waals surface area contributed by atoms with Gasteiger partial charge in [-0.25, -0.2) is 0 Å². The molecule has 0 amide bonds. The van der Waals surface area contributed by atoms with Crippen LogP contribution in [0.1, 0.15) is 31.7 Å². The zero-order chi connectivity index (χ0) is 9.68. The van der Waals surface area contributed by atoms with Crippen LogP contribution in [0.3, 0.4) is 0 Å². The maximum absolute atomic E-state index is 3.69. The summed E-state index contributed by atoms with van der Waals surface area (Å²) in [6, 6.07) is 10.5. The molecule has 1 aromatic carbocycles. The van der Waals surface area contributed by atoms with E-state index in [1.54, 1.807) is 0 Å². The lowest BCUT2D eigenvalue weighted by Gasteiger charge is -2.14. The third kappa shape index (κ3) is 2.34. The summed E-state index contributed by atoms with van der Waals surface area (Å²) in [5.74, 6) is 0.485. The highest BCUT2D eigenvalue weighted by molar-refractivity contribution is 5.27. The first-order chi connectivity index (χ1) is 6.29. The Bertz CT molecular complexity index is 302. The Morgan fingerprint density at radius 1 is 1.38 bits per heavy atom. The second kappa shape index (κ2) is 4.69. The molecule has 0 aliphatic heterocycles. The van der Waals surface area contributed by atoms with Crippen LogP contribution in [0.15, 0.2) is 48.2 Å². The fourth-order valence-electron chi connectivity index (χ4n) is 1.60. The second-order valence-corrected chi connectivity index (χ2v) is 3.23. The molecule has 1 rings (SSSR count). The van der Waals surface area contributed by atoms with Gasteiger partial charge in [0.15, 0.2) is 0 Å². The Hall–Kier alpha value is -1.26. The van der Waals surface area contributed by atoms with Crippen molar-refractivity contribution in [1.82, 2.24) is 0 Å². The van der Waals surface area contributed by atoms with Crippen molar-refractivity contribution in [2.75, 3.05) is 0 Å². The Kier molecular flexibility index (Phi) is 3.54. The molecule has 0 heterocycles. The lowest BCUT2D eigenvalue weighted by Crippen LogP contribution is -1.97. The minimum atomic E-state index is 0.485. The summed E-state index contributed by atoms with van der Waals surface area (Å²) in [6.07, 6.45) is 1.11. The molecule has 0 saturated carbocycles. The van der Waals surface area contributed by atoms with E-state index in [2.05, 4.69) is 50.4 Å². The molecule has 68 valence electrons. The molecule has 0 saturated heterocycles. The molecule has 13 heavy (non-hydrogen) atoms. The molecule has 0 radical (unpaired) electrons. The third-order valence-electron chi connectivity index (χ3n) is 2.41. The first-order valence-electron chi connectivity index (χ1n) is 4.71. The normalized spacial score (nSPS) is 11.8. The monoisotopic (exact) mass is 172 g/mol. The van der Waals surface area contributed by atoms with Crippen molar-refractivity contribution in [2.45, 2.75) is 26.2 Å². The van der Waals surface area contributed by atoms with Crippen molar-refractivity contribution in [2.24, 2.45) is 0 Å². The maximum atomic E-state index is 3.69. The highest BCUT2D eigenvalue weighted by Crippen LogP contribution is 2.25. The summed E-state index contributed by atoms with van der Waals surface area (Å²) in [7, 11) is 0. The molecular formula is C13H16. The van der Waals surface area contributed by atoms with Crippen LogP contribution in [0.25, 0.3) is 0 Å². The molecule has 0 nitrogen and oxygen atoms in total. The van der Waals surface area contributed by atoms with E-state index in [-0.39, 0.29) is 0 Å². The fourth-order valence-corrected chi connectivity index (χ4v) is 1.60. The number of benzene rings is 1. The lowest BCUT2D eigenvalue weighted by molar-refractivity contribution is 0.761. The minimum absolute atomic E-state index is 0.485. The van der Waals surface area contributed by atoms with Gasteiger partial charge in [0.25, 0.3) is 0 Å². The van der Waals surface area contributed by atoms with Gasteiger partial charge in [0.1, 0.15) is 0 Å². The average molecular weight is 172 g/mol. The SMILES string of the molecule is C=C=C(C)C(CC)c1ccccc1. The van der Waals surface area contributed by atoms with E-state index >= 15 is 0 Å². The van der Waals surface area contributed by atoms with Gasteiger partial charge in [0.05, 0.1) is 0 Å². The van der Waals surface area contributed by atoms with Crippen molar-refractivity contribution in [3.05, 3.63) is 53.8 Å². The van der Waals surface area contributed by atoms with Gasteiger partial charge in [-0.15, -0.1) is 5.73 Å². The summed E-state index contributed by atoms with van der Waals surface area (Å²) in [6.45, 7) is 7.98. The Balaban J connectivity index is 2.98. The molecule has 0 fully saturated rings. The van der Waals surface area contributed by atoms with Crippen LogP contribution in [0.2, 0.25) is 0 Å². The molecule has 0 aromatic heterocycles. The van der Waals surface area contributed by atoms with Crippen LogP contribution >= 0.6 is 0 Å². The van der Waals surface area contributed by atoms with Crippen LogP contribution in [0.5, 0.6) is 0 Å². The van der Waals surface area contributed by atoms with Gasteiger partial charge in [-0.3, -0.25) is 0 Å². The fraction of sp³-hybridized carbons (Fsp3) is 0.308. The molecule has 0 N–H and O–H groups in total. The lowest BCUT2D eigenvalue weighted by atomic mass is 9.90. The largest absolute Gasteiger partial charge is 0.129 e. The van der Waals surface area contributed by atoms with Gasteiger partial charge >= 0.3 is 0 Å². The van der Waals surface area contributed by atoms with Crippen molar-refractivity contribution in [1.29, 1.82) is 0 Å². The van der Waals surface area contributed by atoms with Gasteiger partial charge in [0, 0.05) is 5.92 Å². The molecule has 0 aliphatic carbocycles. The number of hydrogen-bond donors (Lipinski definition) is 0. The molecule has 1 unspecified atom stereocenters. The van der Waals surface area contributed by atoms with Gasteiger partial charge < -0.3 is 0 Å². The van der Waals surface area contributed by atoms with Crippen LogP contribution in [-0.4, -0.2) is 0 Å². The topological polar surface area (TPSA) is 0 Å². The van der Waals surface area contributed by atoms with E-state index in [1.807, 2.05) is 6.07 Å². The molecule has 1 atom stereocenters. The van der Waals surface area contributed by atoms with Crippen LogP contribution in [0, 0.1) is 0 Å². The van der Waals surface area contributed by atoms with E-state index in [1.165, 1.54) is 11.1 Å². The molecule has 0 heteroatoms. The Labute approximate surface area is 80.6 Å². The predicted octanol–water partition coefficient (Wildman–Crippen LogP) is 3.91. The minimum Gasteiger partial charge on any atom is -0.129 e.